The third-order valence-electron chi connectivity index (χ3n) is 5.11. The second-order valence-corrected chi connectivity index (χ2v) is 6.91. The number of aryl methyl sites for hydroxylation is 1. The van der Waals surface area contributed by atoms with Crippen LogP contribution in [0.15, 0.2) is 36.4 Å². The first-order valence-electron chi connectivity index (χ1n) is 9.44. The zero-order valence-electron chi connectivity index (χ0n) is 17.0. The molecule has 28 heavy (non-hydrogen) atoms. The SMILES string of the molecule is COc1ccc(CC(=O)N2CCN(c3cc(C)ccc3OC)CC2)cc1OC. The molecule has 0 saturated carbocycles. The van der Waals surface area contributed by atoms with Gasteiger partial charge in [0.1, 0.15) is 5.75 Å². The largest absolute Gasteiger partial charge is 0.495 e. The van der Waals surface area contributed by atoms with Crippen molar-refractivity contribution < 1.29 is 19.0 Å². The zero-order valence-corrected chi connectivity index (χ0v) is 17.0. The number of methoxy groups -OCH3 is 3. The standard InChI is InChI=1S/C22H28N2O4/c1-16-5-7-19(26-2)18(13-16)23-9-11-24(12-10-23)22(25)15-17-6-8-20(27-3)21(14-17)28-4/h5-8,13-14H,9-12,15H2,1-4H3. The highest BCUT2D eigenvalue weighted by molar-refractivity contribution is 5.79. The number of benzene rings is 2. The third kappa shape index (κ3) is 4.32. The Bertz CT molecular complexity index is 829. The third-order valence-corrected chi connectivity index (χ3v) is 5.11. The van der Waals surface area contributed by atoms with Crippen LogP contribution in [-0.2, 0) is 11.2 Å². The molecule has 0 aromatic heterocycles. The Balaban J connectivity index is 1.62. The molecule has 1 heterocycles. The predicted molar refractivity (Wildman–Crippen MR) is 110 cm³/mol. The summed E-state index contributed by atoms with van der Waals surface area (Å²) in [5.41, 5.74) is 3.21. The van der Waals surface area contributed by atoms with E-state index in [4.69, 9.17) is 14.2 Å². The molecule has 1 saturated heterocycles. The van der Waals surface area contributed by atoms with Crippen LogP contribution >= 0.6 is 0 Å². The van der Waals surface area contributed by atoms with Gasteiger partial charge in [-0.2, -0.15) is 0 Å². The lowest BCUT2D eigenvalue weighted by molar-refractivity contribution is -0.130. The van der Waals surface area contributed by atoms with Gasteiger partial charge in [0.25, 0.3) is 0 Å². The highest BCUT2D eigenvalue weighted by atomic mass is 16.5. The van der Waals surface area contributed by atoms with Crippen molar-refractivity contribution in [3.8, 4) is 17.2 Å². The molecule has 150 valence electrons. The van der Waals surface area contributed by atoms with Crippen molar-refractivity contribution in [3.63, 3.8) is 0 Å². The van der Waals surface area contributed by atoms with Crippen molar-refractivity contribution in [1.29, 1.82) is 0 Å². The van der Waals surface area contributed by atoms with Crippen molar-refractivity contribution in [2.75, 3.05) is 52.4 Å². The van der Waals surface area contributed by atoms with Crippen molar-refractivity contribution in [1.82, 2.24) is 4.90 Å². The first-order valence-corrected chi connectivity index (χ1v) is 9.44. The number of hydrogen-bond acceptors (Lipinski definition) is 5. The molecule has 0 atom stereocenters. The van der Waals surface area contributed by atoms with Gasteiger partial charge >= 0.3 is 0 Å². The van der Waals surface area contributed by atoms with Gasteiger partial charge in [-0.3, -0.25) is 4.79 Å². The van der Waals surface area contributed by atoms with E-state index in [1.807, 2.05) is 35.2 Å². The summed E-state index contributed by atoms with van der Waals surface area (Å²) < 4.78 is 16.1. The van der Waals surface area contributed by atoms with Crippen molar-refractivity contribution in [2.45, 2.75) is 13.3 Å². The Labute approximate surface area is 166 Å². The van der Waals surface area contributed by atoms with Crippen LogP contribution in [0.1, 0.15) is 11.1 Å². The minimum Gasteiger partial charge on any atom is -0.495 e. The maximum absolute atomic E-state index is 12.8. The fourth-order valence-electron chi connectivity index (χ4n) is 3.52. The number of amides is 1. The number of ether oxygens (including phenoxy) is 3. The van der Waals surface area contributed by atoms with E-state index in [2.05, 4.69) is 17.9 Å². The average molecular weight is 384 g/mol. The molecule has 0 spiro atoms. The molecule has 1 fully saturated rings. The van der Waals surface area contributed by atoms with Gasteiger partial charge in [0.05, 0.1) is 33.4 Å². The minimum atomic E-state index is 0.128. The van der Waals surface area contributed by atoms with E-state index in [0.29, 0.717) is 31.0 Å². The van der Waals surface area contributed by atoms with Gasteiger partial charge in [0.2, 0.25) is 5.91 Å². The average Bonchev–Trinajstić information content (AvgIpc) is 2.73. The topological polar surface area (TPSA) is 51.2 Å². The predicted octanol–water partition coefficient (Wildman–Crippen LogP) is 2.91. The summed E-state index contributed by atoms with van der Waals surface area (Å²) in [6, 6.07) is 11.8. The maximum Gasteiger partial charge on any atom is 0.227 e. The van der Waals surface area contributed by atoms with Crippen molar-refractivity contribution in [3.05, 3.63) is 47.5 Å². The van der Waals surface area contributed by atoms with Gasteiger partial charge < -0.3 is 24.0 Å². The highest BCUT2D eigenvalue weighted by Gasteiger charge is 2.23. The fourth-order valence-corrected chi connectivity index (χ4v) is 3.52. The van der Waals surface area contributed by atoms with E-state index in [-0.39, 0.29) is 5.91 Å². The molecule has 0 unspecified atom stereocenters. The normalized spacial score (nSPS) is 14.0. The molecular formula is C22H28N2O4. The minimum absolute atomic E-state index is 0.128. The Kier molecular flexibility index (Phi) is 6.29. The molecular weight excluding hydrogens is 356 g/mol. The number of rotatable bonds is 6. The molecule has 0 radical (unpaired) electrons. The molecule has 0 N–H and O–H groups in total. The van der Waals surface area contributed by atoms with Gasteiger partial charge in [-0.1, -0.05) is 12.1 Å². The summed E-state index contributed by atoms with van der Waals surface area (Å²) in [5.74, 6) is 2.31. The molecule has 1 aliphatic heterocycles. The number of nitrogens with zero attached hydrogens (tertiary/aromatic N) is 2. The maximum atomic E-state index is 12.8. The lowest BCUT2D eigenvalue weighted by Crippen LogP contribution is -2.49. The summed E-state index contributed by atoms with van der Waals surface area (Å²) >= 11 is 0. The monoisotopic (exact) mass is 384 g/mol. The summed E-state index contributed by atoms with van der Waals surface area (Å²) in [4.78, 5) is 17.0. The molecule has 2 aromatic carbocycles. The van der Waals surface area contributed by atoms with Gasteiger partial charge in [-0.15, -0.1) is 0 Å². The van der Waals surface area contributed by atoms with E-state index in [9.17, 15) is 4.79 Å². The molecule has 0 bridgehead atoms. The van der Waals surface area contributed by atoms with E-state index in [1.165, 1.54) is 5.56 Å². The molecule has 0 aliphatic carbocycles. The number of piperazine rings is 1. The summed E-state index contributed by atoms with van der Waals surface area (Å²) in [7, 11) is 4.89. The summed E-state index contributed by atoms with van der Waals surface area (Å²) in [6.45, 7) is 5.05. The fraction of sp³-hybridized carbons (Fsp3) is 0.409. The number of carbonyl (C=O) groups is 1. The lowest BCUT2D eigenvalue weighted by Gasteiger charge is -2.36. The van der Waals surface area contributed by atoms with Gasteiger partial charge in [-0.05, 0) is 42.3 Å². The highest BCUT2D eigenvalue weighted by Crippen LogP contribution is 2.30. The van der Waals surface area contributed by atoms with Crippen LogP contribution in [0.2, 0.25) is 0 Å². The van der Waals surface area contributed by atoms with Crippen LogP contribution in [0.25, 0.3) is 0 Å². The number of carbonyl (C=O) groups excluding carboxylic acids is 1. The van der Waals surface area contributed by atoms with Crippen LogP contribution in [0, 0.1) is 6.92 Å². The Morgan fingerprint density at radius 2 is 1.50 bits per heavy atom. The van der Waals surface area contributed by atoms with Crippen LogP contribution in [-0.4, -0.2) is 58.3 Å². The van der Waals surface area contributed by atoms with Crippen LogP contribution < -0.4 is 19.1 Å². The van der Waals surface area contributed by atoms with Crippen LogP contribution in [0.5, 0.6) is 17.2 Å². The van der Waals surface area contributed by atoms with E-state index >= 15 is 0 Å². The lowest BCUT2D eigenvalue weighted by atomic mass is 10.1. The van der Waals surface area contributed by atoms with Crippen LogP contribution in [0.4, 0.5) is 5.69 Å². The van der Waals surface area contributed by atoms with Crippen LogP contribution in [0.3, 0.4) is 0 Å². The molecule has 6 nitrogen and oxygen atoms in total. The molecule has 1 aliphatic rings. The number of anilines is 1. The first-order chi connectivity index (χ1) is 13.5. The second kappa shape index (κ2) is 8.87. The Morgan fingerprint density at radius 1 is 0.857 bits per heavy atom. The first kappa shape index (κ1) is 19.9. The molecule has 1 amide bonds. The Morgan fingerprint density at radius 3 is 2.14 bits per heavy atom. The van der Waals surface area contributed by atoms with E-state index in [1.54, 1.807) is 21.3 Å². The van der Waals surface area contributed by atoms with Gasteiger partial charge in [0, 0.05) is 26.2 Å². The van der Waals surface area contributed by atoms with Gasteiger partial charge in [0.15, 0.2) is 11.5 Å². The van der Waals surface area contributed by atoms with E-state index in [0.717, 1.165) is 30.1 Å². The zero-order chi connectivity index (χ0) is 20.1. The summed E-state index contributed by atoms with van der Waals surface area (Å²) in [5, 5.41) is 0. The summed E-state index contributed by atoms with van der Waals surface area (Å²) in [6.07, 6.45) is 0.355. The van der Waals surface area contributed by atoms with Crippen molar-refractivity contribution in [2.24, 2.45) is 0 Å². The number of hydrogen-bond donors (Lipinski definition) is 0. The van der Waals surface area contributed by atoms with Crippen molar-refractivity contribution >= 4 is 11.6 Å². The van der Waals surface area contributed by atoms with E-state index < -0.39 is 0 Å². The molecule has 6 heteroatoms. The molecule has 2 aromatic rings. The van der Waals surface area contributed by atoms with Gasteiger partial charge in [-0.25, -0.2) is 0 Å². The molecule has 3 rings (SSSR count). The smallest absolute Gasteiger partial charge is 0.227 e. The quantitative estimate of drug-likeness (QED) is 0.767. The second-order valence-electron chi connectivity index (χ2n) is 6.91. The Hall–Kier alpha value is -2.89.